The van der Waals surface area contributed by atoms with Crippen molar-refractivity contribution in [2.24, 2.45) is 0 Å². The Hall–Kier alpha value is -1.35. The number of hydroxylamine groups is 1. The minimum atomic E-state index is -0.458. The van der Waals surface area contributed by atoms with Crippen LogP contribution in [0.3, 0.4) is 0 Å². The van der Waals surface area contributed by atoms with Crippen molar-refractivity contribution in [3.8, 4) is 0 Å². The highest BCUT2D eigenvalue weighted by atomic mass is 16.5. The van der Waals surface area contributed by atoms with Gasteiger partial charge in [-0.25, -0.2) is 5.48 Å². The van der Waals surface area contributed by atoms with Crippen LogP contribution in [-0.4, -0.2) is 11.1 Å². The second-order valence-electron chi connectivity index (χ2n) is 3.19. The number of amides is 1. The summed E-state index contributed by atoms with van der Waals surface area (Å²) < 4.78 is 0. The Labute approximate surface area is 77.4 Å². The molecule has 3 nitrogen and oxygen atoms in total. The Morgan fingerprint density at radius 2 is 1.69 bits per heavy atom. The third kappa shape index (κ3) is 1.87. The summed E-state index contributed by atoms with van der Waals surface area (Å²) in [6.45, 7) is 5.77. The molecule has 0 radical (unpaired) electrons. The molecular weight excluding hydrogens is 166 g/mol. The van der Waals surface area contributed by atoms with E-state index in [4.69, 9.17) is 5.21 Å². The summed E-state index contributed by atoms with van der Waals surface area (Å²) in [6.07, 6.45) is 0. The first-order valence-corrected chi connectivity index (χ1v) is 4.08. The summed E-state index contributed by atoms with van der Waals surface area (Å²) in [7, 11) is 0. The van der Waals surface area contributed by atoms with Gasteiger partial charge in [0.25, 0.3) is 5.91 Å². The summed E-state index contributed by atoms with van der Waals surface area (Å²) in [4.78, 5) is 11.1. The second-order valence-corrected chi connectivity index (χ2v) is 3.19. The minimum Gasteiger partial charge on any atom is -0.288 e. The Morgan fingerprint density at radius 1 is 1.15 bits per heavy atom. The molecule has 0 aliphatic carbocycles. The van der Waals surface area contributed by atoms with Crippen LogP contribution in [0.1, 0.15) is 27.0 Å². The quantitative estimate of drug-likeness (QED) is 0.509. The second kappa shape index (κ2) is 3.58. The maximum absolute atomic E-state index is 11.1. The first kappa shape index (κ1) is 9.74. The van der Waals surface area contributed by atoms with Gasteiger partial charge in [0.1, 0.15) is 0 Å². The van der Waals surface area contributed by atoms with Crippen LogP contribution in [0.5, 0.6) is 0 Å². The van der Waals surface area contributed by atoms with Gasteiger partial charge in [0.15, 0.2) is 0 Å². The molecule has 13 heavy (non-hydrogen) atoms. The Bertz CT molecular complexity index is 345. The van der Waals surface area contributed by atoms with Crippen LogP contribution in [0.15, 0.2) is 12.1 Å². The molecule has 0 aliphatic heterocycles. The molecule has 0 heterocycles. The normalized spacial score (nSPS) is 9.85. The molecule has 0 atom stereocenters. The van der Waals surface area contributed by atoms with E-state index in [-0.39, 0.29) is 0 Å². The average molecular weight is 179 g/mol. The van der Waals surface area contributed by atoms with Gasteiger partial charge in [0, 0.05) is 5.56 Å². The summed E-state index contributed by atoms with van der Waals surface area (Å²) in [5.74, 6) is -0.458. The van der Waals surface area contributed by atoms with Crippen LogP contribution in [0, 0.1) is 20.8 Å². The van der Waals surface area contributed by atoms with Gasteiger partial charge in [-0.3, -0.25) is 10.0 Å². The van der Waals surface area contributed by atoms with E-state index in [1.807, 2.05) is 26.8 Å². The van der Waals surface area contributed by atoms with Gasteiger partial charge in [-0.05, 0) is 43.5 Å². The molecule has 0 saturated carbocycles. The van der Waals surface area contributed by atoms with Crippen LogP contribution in [0.2, 0.25) is 0 Å². The van der Waals surface area contributed by atoms with Crippen molar-refractivity contribution >= 4 is 5.91 Å². The fourth-order valence-corrected chi connectivity index (χ4v) is 1.27. The molecule has 0 aromatic heterocycles. The number of nitrogens with one attached hydrogen (secondary N) is 1. The summed E-state index contributed by atoms with van der Waals surface area (Å²) in [6, 6.07) is 3.70. The molecule has 0 unspecified atom stereocenters. The van der Waals surface area contributed by atoms with Crippen molar-refractivity contribution in [1.29, 1.82) is 0 Å². The van der Waals surface area contributed by atoms with E-state index in [1.165, 1.54) is 0 Å². The van der Waals surface area contributed by atoms with Crippen molar-refractivity contribution in [3.63, 3.8) is 0 Å². The van der Waals surface area contributed by atoms with Crippen LogP contribution in [-0.2, 0) is 0 Å². The number of carbonyl (C=O) groups excluding carboxylic acids is 1. The van der Waals surface area contributed by atoms with Crippen molar-refractivity contribution in [1.82, 2.24) is 5.48 Å². The van der Waals surface area contributed by atoms with E-state index in [2.05, 4.69) is 0 Å². The molecule has 0 spiro atoms. The summed E-state index contributed by atoms with van der Waals surface area (Å²) >= 11 is 0. The highest BCUT2D eigenvalue weighted by Gasteiger charge is 2.08. The zero-order valence-electron chi connectivity index (χ0n) is 8.01. The number of carbonyl (C=O) groups is 1. The first-order valence-electron chi connectivity index (χ1n) is 4.08. The van der Waals surface area contributed by atoms with Crippen LogP contribution >= 0.6 is 0 Å². The van der Waals surface area contributed by atoms with E-state index in [0.717, 1.165) is 16.7 Å². The third-order valence-electron chi connectivity index (χ3n) is 2.19. The molecule has 70 valence electrons. The highest BCUT2D eigenvalue weighted by Crippen LogP contribution is 2.14. The van der Waals surface area contributed by atoms with Gasteiger partial charge in [-0.2, -0.15) is 0 Å². The first-order chi connectivity index (χ1) is 6.06. The number of rotatable bonds is 1. The molecule has 1 aromatic carbocycles. The molecule has 2 N–H and O–H groups in total. The van der Waals surface area contributed by atoms with E-state index in [1.54, 1.807) is 11.5 Å². The predicted molar refractivity (Wildman–Crippen MR) is 49.9 cm³/mol. The van der Waals surface area contributed by atoms with Crippen molar-refractivity contribution in [2.45, 2.75) is 20.8 Å². The lowest BCUT2D eigenvalue weighted by molar-refractivity contribution is 0.0705. The van der Waals surface area contributed by atoms with Gasteiger partial charge in [0.05, 0.1) is 0 Å². The predicted octanol–water partition coefficient (Wildman–Crippen LogP) is 1.73. The number of hydrogen-bond donors (Lipinski definition) is 2. The van der Waals surface area contributed by atoms with Gasteiger partial charge in [0.2, 0.25) is 0 Å². The minimum absolute atomic E-state index is 0.458. The Morgan fingerprint density at radius 3 is 2.23 bits per heavy atom. The standard InChI is InChI=1S/C10H13NO2/c1-6-4-8(3)9(5-7(6)2)10(12)11-13/h4-5,13H,1-3H3,(H,11,12). The largest absolute Gasteiger partial charge is 0.288 e. The lowest BCUT2D eigenvalue weighted by Gasteiger charge is -2.07. The molecule has 0 saturated heterocycles. The molecule has 0 fully saturated rings. The van der Waals surface area contributed by atoms with Gasteiger partial charge in [-0.15, -0.1) is 0 Å². The highest BCUT2D eigenvalue weighted by molar-refractivity contribution is 5.95. The van der Waals surface area contributed by atoms with Crippen molar-refractivity contribution in [3.05, 3.63) is 34.4 Å². The van der Waals surface area contributed by atoms with Crippen molar-refractivity contribution in [2.75, 3.05) is 0 Å². The molecule has 3 heteroatoms. The number of hydrogen-bond acceptors (Lipinski definition) is 2. The van der Waals surface area contributed by atoms with Gasteiger partial charge >= 0.3 is 0 Å². The van der Waals surface area contributed by atoms with E-state index in [0.29, 0.717) is 5.56 Å². The molecule has 0 aliphatic rings. The summed E-state index contributed by atoms with van der Waals surface area (Å²) in [5.41, 5.74) is 5.21. The zero-order valence-corrected chi connectivity index (χ0v) is 8.01. The fraction of sp³-hybridized carbons (Fsp3) is 0.300. The molecular formula is C10H13NO2. The average Bonchev–Trinajstić information content (AvgIpc) is 2.10. The molecule has 0 bridgehead atoms. The van der Waals surface area contributed by atoms with E-state index >= 15 is 0 Å². The fourth-order valence-electron chi connectivity index (χ4n) is 1.27. The van der Waals surface area contributed by atoms with Crippen molar-refractivity contribution < 1.29 is 10.0 Å². The SMILES string of the molecule is Cc1cc(C)c(C(=O)NO)cc1C. The van der Waals surface area contributed by atoms with Crippen LogP contribution in [0.4, 0.5) is 0 Å². The van der Waals surface area contributed by atoms with E-state index < -0.39 is 5.91 Å². The van der Waals surface area contributed by atoms with Crippen LogP contribution in [0.25, 0.3) is 0 Å². The number of benzene rings is 1. The molecule has 1 rings (SSSR count). The number of aryl methyl sites for hydroxylation is 3. The maximum atomic E-state index is 11.1. The van der Waals surface area contributed by atoms with Gasteiger partial charge in [-0.1, -0.05) is 6.07 Å². The Kier molecular flexibility index (Phi) is 2.68. The topological polar surface area (TPSA) is 49.3 Å². The zero-order chi connectivity index (χ0) is 10.0. The Balaban J connectivity index is 3.23. The maximum Gasteiger partial charge on any atom is 0.274 e. The monoisotopic (exact) mass is 179 g/mol. The van der Waals surface area contributed by atoms with Gasteiger partial charge < -0.3 is 0 Å². The van der Waals surface area contributed by atoms with Crippen LogP contribution < -0.4 is 5.48 Å². The van der Waals surface area contributed by atoms with E-state index in [9.17, 15) is 4.79 Å². The molecule has 1 aromatic rings. The lowest BCUT2D eigenvalue weighted by atomic mass is 10.0. The summed E-state index contributed by atoms with van der Waals surface area (Å²) in [5, 5.41) is 8.47. The smallest absolute Gasteiger partial charge is 0.274 e. The third-order valence-corrected chi connectivity index (χ3v) is 2.19. The molecule has 1 amide bonds. The lowest BCUT2D eigenvalue weighted by Crippen LogP contribution is -2.19.